The van der Waals surface area contributed by atoms with Crippen molar-refractivity contribution in [2.75, 3.05) is 6.61 Å². The van der Waals surface area contributed by atoms with Crippen LogP contribution in [0.3, 0.4) is 0 Å². The van der Waals surface area contributed by atoms with E-state index >= 15 is 0 Å². The number of hydrogen-bond acceptors (Lipinski definition) is 2. The normalized spacial score (nSPS) is 7.33. The molecule has 0 N–H and O–H groups in total. The molecule has 0 aromatic carbocycles. The number of ether oxygens (including phenoxy) is 1. The summed E-state index contributed by atoms with van der Waals surface area (Å²) < 4.78 is 4.56. The summed E-state index contributed by atoms with van der Waals surface area (Å²) in [6, 6.07) is 0. The average Bonchev–Trinajstić information content (AvgIpc) is 1.67. The van der Waals surface area contributed by atoms with E-state index in [1.165, 1.54) is 0 Å². The van der Waals surface area contributed by atoms with Gasteiger partial charge in [0.25, 0.3) is 0 Å². The van der Waals surface area contributed by atoms with Gasteiger partial charge in [0.15, 0.2) is 0 Å². The first kappa shape index (κ1) is 11.1. The van der Waals surface area contributed by atoms with Crippen molar-refractivity contribution in [1.29, 1.82) is 0 Å². The fourth-order valence-electron chi connectivity index (χ4n) is 0.254. The van der Waals surface area contributed by atoms with Gasteiger partial charge < -0.3 is 4.74 Å². The SMILES string of the molecule is C=C(C)C(=O)OCC.[C]. The van der Waals surface area contributed by atoms with E-state index in [0.29, 0.717) is 12.2 Å². The van der Waals surface area contributed by atoms with Gasteiger partial charge in [0.1, 0.15) is 0 Å². The second kappa shape index (κ2) is 5.35. The fourth-order valence-corrected chi connectivity index (χ4v) is 0.254. The summed E-state index contributed by atoms with van der Waals surface area (Å²) in [5.74, 6) is -0.312. The first-order valence-electron chi connectivity index (χ1n) is 2.51. The Hall–Kier alpha value is -0.790. The van der Waals surface area contributed by atoms with E-state index in [-0.39, 0.29) is 13.4 Å². The monoisotopic (exact) mass is 126 g/mol. The molecule has 0 atom stereocenters. The summed E-state index contributed by atoms with van der Waals surface area (Å²) in [7, 11) is 0. The molecule has 50 valence electrons. The highest BCUT2D eigenvalue weighted by molar-refractivity contribution is 5.86. The van der Waals surface area contributed by atoms with Crippen LogP contribution in [0.4, 0.5) is 0 Å². The molecule has 2 nitrogen and oxygen atoms in total. The van der Waals surface area contributed by atoms with Gasteiger partial charge in [0.2, 0.25) is 0 Å². The quantitative estimate of drug-likeness (QED) is 0.410. The van der Waals surface area contributed by atoms with Crippen molar-refractivity contribution in [2.45, 2.75) is 13.8 Å². The van der Waals surface area contributed by atoms with Crippen LogP contribution in [0.2, 0.25) is 0 Å². The molecule has 2 heteroatoms. The van der Waals surface area contributed by atoms with Crippen LogP contribution in [0.15, 0.2) is 12.2 Å². The van der Waals surface area contributed by atoms with Crippen LogP contribution in [0.1, 0.15) is 13.8 Å². The first-order valence-corrected chi connectivity index (χ1v) is 2.51. The van der Waals surface area contributed by atoms with Crippen LogP contribution in [-0.4, -0.2) is 12.6 Å². The Labute approximate surface area is 56.5 Å². The van der Waals surface area contributed by atoms with E-state index in [4.69, 9.17) is 0 Å². The smallest absolute Gasteiger partial charge is 0.333 e. The van der Waals surface area contributed by atoms with Crippen molar-refractivity contribution in [3.05, 3.63) is 19.6 Å². The highest BCUT2D eigenvalue weighted by atomic mass is 16.5. The standard InChI is InChI=1S/C6H10O2.C/c1-4-8-6(7)5(2)3;/h2,4H2,1,3H3;. The maximum atomic E-state index is 10.4. The number of esters is 1. The van der Waals surface area contributed by atoms with E-state index in [0.717, 1.165) is 0 Å². The molecule has 0 bridgehead atoms. The maximum absolute atomic E-state index is 10.4. The van der Waals surface area contributed by atoms with Gasteiger partial charge in [-0.15, -0.1) is 0 Å². The molecule has 0 fully saturated rings. The molecule has 0 spiro atoms. The average molecular weight is 126 g/mol. The molecule has 0 aromatic rings. The molecule has 4 radical (unpaired) electrons. The predicted octanol–water partition coefficient (Wildman–Crippen LogP) is 1.21. The molecule has 0 saturated carbocycles. The lowest BCUT2D eigenvalue weighted by molar-refractivity contribution is -0.138. The molecule has 0 unspecified atom stereocenters. The Kier molecular flexibility index (Phi) is 6.58. The van der Waals surface area contributed by atoms with Gasteiger partial charge >= 0.3 is 5.97 Å². The fraction of sp³-hybridized carbons (Fsp3) is 0.429. The second-order valence-corrected chi connectivity index (χ2v) is 1.50. The molecule has 0 amide bonds. The minimum absolute atomic E-state index is 0. The maximum Gasteiger partial charge on any atom is 0.333 e. The van der Waals surface area contributed by atoms with Crippen molar-refractivity contribution < 1.29 is 9.53 Å². The lowest BCUT2D eigenvalue weighted by atomic mass is 10.4. The molecular weight excluding hydrogens is 116 g/mol. The van der Waals surface area contributed by atoms with E-state index in [1.54, 1.807) is 13.8 Å². The Morgan fingerprint density at radius 2 is 2.11 bits per heavy atom. The van der Waals surface area contributed by atoms with Gasteiger partial charge in [0.05, 0.1) is 6.61 Å². The summed E-state index contributed by atoms with van der Waals surface area (Å²) in [6.45, 7) is 7.21. The molecule has 0 rings (SSSR count). The van der Waals surface area contributed by atoms with Gasteiger partial charge in [-0.2, -0.15) is 0 Å². The van der Waals surface area contributed by atoms with Crippen molar-refractivity contribution >= 4 is 5.97 Å². The minimum atomic E-state index is -0.312. The summed E-state index contributed by atoms with van der Waals surface area (Å²) in [4.78, 5) is 10.4. The van der Waals surface area contributed by atoms with E-state index in [9.17, 15) is 4.79 Å². The molecule has 9 heavy (non-hydrogen) atoms. The Morgan fingerprint density at radius 3 is 2.22 bits per heavy atom. The van der Waals surface area contributed by atoms with Gasteiger partial charge in [-0.3, -0.25) is 0 Å². The highest BCUT2D eigenvalue weighted by Crippen LogP contribution is 1.89. The van der Waals surface area contributed by atoms with E-state index in [2.05, 4.69) is 11.3 Å². The van der Waals surface area contributed by atoms with Gasteiger partial charge in [-0.1, -0.05) is 6.58 Å². The Balaban J connectivity index is 0. The van der Waals surface area contributed by atoms with Gasteiger partial charge in [-0.25, -0.2) is 4.79 Å². The van der Waals surface area contributed by atoms with Crippen LogP contribution < -0.4 is 0 Å². The van der Waals surface area contributed by atoms with Crippen molar-refractivity contribution in [3.63, 3.8) is 0 Å². The summed E-state index contributed by atoms with van der Waals surface area (Å²) in [5, 5.41) is 0. The summed E-state index contributed by atoms with van der Waals surface area (Å²) >= 11 is 0. The van der Waals surface area contributed by atoms with Crippen LogP contribution in [-0.2, 0) is 9.53 Å². The Bertz CT molecular complexity index is 105. The predicted molar refractivity (Wildman–Crippen MR) is 34.7 cm³/mol. The van der Waals surface area contributed by atoms with Gasteiger partial charge in [0, 0.05) is 13.0 Å². The van der Waals surface area contributed by atoms with Crippen molar-refractivity contribution in [1.82, 2.24) is 0 Å². The molecule has 0 aliphatic rings. The van der Waals surface area contributed by atoms with Crippen LogP contribution in [0.25, 0.3) is 0 Å². The Morgan fingerprint density at radius 1 is 1.67 bits per heavy atom. The molecule has 0 aliphatic heterocycles. The highest BCUT2D eigenvalue weighted by Gasteiger charge is 1.98. The number of carbonyl (C=O) groups excluding carboxylic acids is 1. The third-order valence-corrected chi connectivity index (χ3v) is 0.624. The zero-order chi connectivity index (χ0) is 6.57. The topological polar surface area (TPSA) is 26.3 Å². The van der Waals surface area contributed by atoms with Crippen LogP contribution in [0.5, 0.6) is 0 Å². The number of carbonyl (C=O) groups is 1. The second-order valence-electron chi connectivity index (χ2n) is 1.50. The third-order valence-electron chi connectivity index (χ3n) is 0.624. The minimum Gasteiger partial charge on any atom is -0.463 e. The molecule has 0 aromatic heterocycles. The van der Waals surface area contributed by atoms with Crippen molar-refractivity contribution in [3.8, 4) is 0 Å². The lowest BCUT2D eigenvalue weighted by Crippen LogP contribution is -2.03. The summed E-state index contributed by atoms with van der Waals surface area (Å²) in [6.07, 6.45) is 0. The lowest BCUT2D eigenvalue weighted by Gasteiger charge is -1.96. The zero-order valence-corrected chi connectivity index (χ0v) is 5.73. The molecule has 0 saturated heterocycles. The van der Waals surface area contributed by atoms with Gasteiger partial charge in [-0.05, 0) is 13.8 Å². The number of hydrogen-bond donors (Lipinski definition) is 0. The first-order chi connectivity index (χ1) is 3.68. The molecule has 0 aliphatic carbocycles. The van der Waals surface area contributed by atoms with Crippen LogP contribution >= 0.6 is 0 Å². The van der Waals surface area contributed by atoms with Crippen LogP contribution in [0, 0.1) is 7.43 Å². The summed E-state index contributed by atoms with van der Waals surface area (Å²) in [5.41, 5.74) is 0.451. The number of rotatable bonds is 2. The molecular formula is C7H10O2. The third kappa shape index (κ3) is 5.07. The van der Waals surface area contributed by atoms with Crippen molar-refractivity contribution in [2.24, 2.45) is 0 Å². The largest absolute Gasteiger partial charge is 0.463 e. The molecule has 0 heterocycles. The van der Waals surface area contributed by atoms with E-state index < -0.39 is 0 Å². The zero-order valence-electron chi connectivity index (χ0n) is 5.73. The van der Waals surface area contributed by atoms with E-state index in [1.807, 2.05) is 0 Å².